The van der Waals surface area contributed by atoms with E-state index in [-0.39, 0.29) is 0 Å². The summed E-state index contributed by atoms with van der Waals surface area (Å²) in [5.74, 6) is -7.57. The molecule has 0 aliphatic rings. The van der Waals surface area contributed by atoms with E-state index >= 15 is 0 Å². The molecule has 0 radical (unpaired) electrons. The summed E-state index contributed by atoms with van der Waals surface area (Å²) in [4.78, 5) is 64.2. The molecule has 0 fully saturated rings. The topological polar surface area (TPSA) is 161 Å². The Morgan fingerprint density at radius 2 is 0.955 bits per heavy atom. The second kappa shape index (κ2) is 9.58. The highest BCUT2D eigenvalue weighted by atomic mass is 16.6. The zero-order valence-corrected chi connectivity index (χ0v) is 10.9. The largest absolute Gasteiger partial charge is 0.478 e. The van der Waals surface area contributed by atoms with Gasteiger partial charge in [0.2, 0.25) is 0 Å². The molecule has 0 unspecified atom stereocenters. The first-order valence-electron chi connectivity index (χ1n) is 5.52. The first-order chi connectivity index (χ1) is 10.2. The quantitative estimate of drug-likeness (QED) is 0.345. The second-order valence-electron chi connectivity index (χ2n) is 3.43. The van der Waals surface area contributed by atoms with E-state index in [1.54, 1.807) is 0 Å². The lowest BCUT2D eigenvalue weighted by atomic mass is 10.3. The molecule has 0 amide bonds. The maximum absolute atomic E-state index is 11.1. The second-order valence-corrected chi connectivity index (χ2v) is 3.43. The molecule has 10 heteroatoms. The van der Waals surface area contributed by atoms with Crippen molar-refractivity contribution in [2.24, 2.45) is 0 Å². The minimum Gasteiger partial charge on any atom is -0.478 e. The van der Waals surface area contributed by atoms with Crippen molar-refractivity contribution in [1.29, 1.82) is 0 Å². The Morgan fingerprint density at radius 3 is 1.23 bits per heavy atom. The number of carbonyl (C=O) groups is 6. The van der Waals surface area contributed by atoms with Gasteiger partial charge in [-0.25, -0.2) is 19.2 Å². The van der Waals surface area contributed by atoms with Gasteiger partial charge in [0.25, 0.3) is 0 Å². The Kier molecular flexibility index (Phi) is 8.14. The smallest absolute Gasteiger partial charge is 0.338 e. The predicted octanol–water partition coefficient (Wildman–Crippen LogP) is -0.812. The number of carbonyl (C=O) groups excluding carboxylic acids is 4. The number of hydrogen-bond acceptors (Lipinski definition) is 8. The third kappa shape index (κ3) is 10.6. The average molecular weight is 314 g/mol. The van der Waals surface area contributed by atoms with E-state index in [0.29, 0.717) is 24.3 Å². The monoisotopic (exact) mass is 314 g/mol. The molecule has 118 valence electrons. The van der Waals surface area contributed by atoms with Crippen molar-refractivity contribution in [3.8, 4) is 0 Å². The summed E-state index contributed by atoms with van der Waals surface area (Å²) in [5.41, 5.74) is 0. The van der Waals surface area contributed by atoms with Gasteiger partial charge in [0.05, 0.1) is 12.8 Å². The Bertz CT molecular complexity index is 504. The van der Waals surface area contributed by atoms with Gasteiger partial charge in [-0.05, 0) is 0 Å². The summed E-state index contributed by atoms with van der Waals surface area (Å²) in [5, 5.41) is 16.4. The van der Waals surface area contributed by atoms with Crippen LogP contribution in [-0.2, 0) is 38.2 Å². The Hall–Kier alpha value is -3.30. The highest BCUT2D eigenvalue weighted by Crippen LogP contribution is 1.98. The van der Waals surface area contributed by atoms with Gasteiger partial charge in [0.1, 0.15) is 0 Å². The molecule has 10 nitrogen and oxygen atoms in total. The lowest BCUT2D eigenvalue weighted by Crippen LogP contribution is -2.15. The summed E-state index contributed by atoms with van der Waals surface area (Å²) < 4.78 is 8.25. The maximum atomic E-state index is 11.1. The van der Waals surface area contributed by atoms with Crippen LogP contribution in [-0.4, -0.2) is 46.0 Å². The Morgan fingerprint density at radius 1 is 0.636 bits per heavy atom. The number of carboxylic acids is 2. The molecular weight excluding hydrogens is 304 g/mol. The molecule has 0 saturated heterocycles. The SMILES string of the molecule is O=C(O)/C=C/C(=O)OC(=O)CCC(=O)OC(=O)/C=C/C(=O)O. The molecule has 0 spiro atoms. The van der Waals surface area contributed by atoms with Gasteiger partial charge < -0.3 is 19.7 Å². The minimum atomic E-state index is -1.42. The fourth-order valence-electron chi connectivity index (χ4n) is 0.877. The van der Waals surface area contributed by atoms with Crippen LogP contribution in [0.1, 0.15) is 12.8 Å². The summed E-state index contributed by atoms with van der Waals surface area (Å²) in [6.07, 6.45) is 0.717. The number of ether oxygens (including phenoxy) is 2. The lowest BCUT2D eigenvalue weighted by molar-refractivity contribution is -0.161. The number of rotatable bonds is 7. The molecule has 0 aromatic heterocycles. The summed E-state index contributed by atoms with van der Waals surface area (Å²) in [6.45, 7) is 0. The molecular formula is C12H10O10. The molecule has 0 aromatic rings. The average Bonchev–Trinajstić information content (AvgIpc) is 2.40. The van der Waals surface area contributed by atoms with Crippen LogP contribution in [0.2, 0.25) is 0 Å². The van der Waals surface area contributed by atoms with Gasteiger partial charge in [-0.2, -0.15) is 0 Å². The van der Waals surface area contributed by atoms with Gasteiger partial charge in [-0.15, -0.1) is 0 Å². The first kappa shape index (κ1) is 18.7. The van der Waals surface area contributed by atoms with E-state index in [1.165, 1.54) is 0 Å². The highest BCUT2D eigenvalue weighted by Gasteiger charge is 2.14. The van der Waals surface area contributed by atoms with Crippen molar-refractivity contribution >= 4 is 35.8 Å². The van der Waals surface area contributed by atoms with Crippen molar-refractivity contribution in [2.45, 2.75) is 12.8 Å². The molecule has 0 heterocycles. The summed E-state index contributed by atoms with van der Waals surface area (Å²) >= 11 is 0. The Labute approximate surface area is 122 Å². The molecule has 0 aromatic carbocycles. The van der Waals surface area contributed by atoms with E-state index in [4.69, 9.17) is 10.2 Å². The van der Waals surface area contributed by atoms with Crippen molar-refractivity contribution < 1.29 is 48.5 Å². The molecule has 0 aliphatic carbocycles. The van der Waals surface area contributed by atoms with Gasteiger partial charge >= 0.3 is 35.8 Å². The van der Waals surface area contributed by atoms with E-state index < -0.39 is 48.7 Å². The predicted molar refractivity (Wildman–Crippen MR) is 65.0 cm³/mol. The molecule has 22 heavy (non-hydrogen) atoms. The normalized spacial score (nSPS) is 10.4. The van der Waals surface area contributed by atoms with Crippen molar-refractivity contribution in [2.75, 3.05) is 0 Å². The maximum Gasteiger partial charge on any atom is 0.338 e. The van der Waals surface area contributed by atoms with Crippen LogP contribution in [0.5, 0.6) is 0 Å². The third-order valence-corrected chi connectivity index (χ3v) is 1.69. The molecule has 0 saturated carbocycles. The third-order valence-electron chi connectivity index (χ3n) is 1.69. The molecule has 0 rings (SSSR count). The molecule has 0 bridgehead atoms. The fraction of sp³-hybridized carbons (Fsp3) is 0.167. The van der Waals surface area contributed by atoms with Crippen LogP contribution in [0.25, 0.3) is 0 Å². The van der Waals surface area contributed by atoms with Gasteiger partial charge in [-0.3, -0.25) is 9.59 Å². The van der Waals surface area contributed by atoms with Crippen molar-refractivity contribution in [3.63, 3.8) is 0 Å². The van der Waals surface area contributed by atoms with Gasteiger partial charge in [0, 0.05) is 24.3 Å². The van der Waals surface area contributed by atoms with E-state index in [9.17, 15) is 28.8 Å². The highest BCUT2D eigenvalue weighted by molar-refractivity contribution is 5.98. The number of carboxylic acid groups (broad SMARTS) is 2. The van der Waals surface area contributed by atoms with Crippen LogP contribution < -0.4 is 0 Å². The minimum absolute atomic E-state index is 0.456. The molecule has 2 N–H and O–H groups in total. The van der Waals surface area contributed by atoms with E-state index in [2.05, 4.69) is 9.47 Å². The van der Waals surface area contributed by atoms with Crippen molar-refractivity contribution in [1.82, 2.24) is 0 Å². The molecule has 0 atom stereocenters. The van der Waals surface area contributed by atoms with E-state index in [0.717, 1.165) is 0 Å². The molecule has 0 aliphatic heterocycles. The number of esters is 4. The zero-order chi connectivity index (χ0) is 17.1. The Balaban J connectivity index is 4.12. The van der Waals surface area contributed by atoms with Crippen LogP contribution in [0.15, 0.2) is 24.3 Å². The number of hydrogen-bond donors (Lipinski definition) is 2. The summed E-state index contributed by atoms with van der Waals surface area (Å²) in [6, 6.07) is 0. The fourth-order valence-corrected chi connectivity index (χ4v) is 0.877. The summed E-state index contributed by atoms with van der Waals surface area (Å²) in [7, 11) is 0. The standard InChI is InChI=1S/C12H10O10/c13-7(14)1-3-9(17)21-11(19)5-6-12(20)22-10(18)4-2-8(15)16/h1-4H,5-6H2,(H,13,14)(H,15,16)/b3-1+,4-2+. The van der Waals surface area contributed by atoms with Gasteiger partial charge in [-0.1, -0.05) is 0 Å². The first-order valence-corrected chi connectivity index (χ1v) is 5.52. The van der Waals surface area contributed by atoms with Crippen molar-refractivity contribution in [3.05, 3.63) is 24.3 Å². The lowest BCUT2D eigenvalue weighted by Gasteiger charge is -2.00. The van der Waals surface area contributed by atoms with Crippen LogP contribution in [0.3, 0.4) is 0 Å². The van der Waals surface area contributed by atoms with E-state index in [1.807, 2.05) is 0 Å². The zero-order valence-electron chi connectivity index (χ0n) is 10.9. The van der Waals surface area contributed by atoms with Gasteiger partial charge in [0.15, 0.2) is 0 Å². The van der Waals surface area contributed by atoms with Crippen LogP contribution in [0.4, 0.5) is 0 Å². The van der Waals surface area contributed by atoms with Crippen LogP contribution in [0, 0.1) is 0 Å². The number of aliphatic carboxylic acids is 2. The van der Waals surface area contributed by atoms with Crippen LogP contribution >= 0.6 is 0 Å².